The molecular formula is C20H19N3O3. The van der Waals surface area contributed by atoms with Crippen LogP contribution >= 0.6 is 0 Å². The number of pyridine rings is 1. The highest BCUT2D eigenvalue weighted by Gasteiger charge is 2.16. The van der Waals surface area contributed by atoms with E-state index in [-0.39, 0.29) is 11.6 Å². The maximum absolute atomic E-state index is 12.7. The van der Waals surface area contributed by atoms with E-state index in [1.54, 1.807) is 12.1 Å². The zero-order valence-corrected chi connectivity index (χ0v) is 14.6. The van der Waals surface area contributed by atoms with Crippen LogP contribution in [0.1, 0.15) is 26.4 Å². The molecule has 0 aliphatic rings. The maximum atomic E-state index is 12.7. The van der Waals surface area contributed by atoms with E-state index in [9.17, 15) is 14.7 Å². The molecule has 0 aliphatic heterocycles. The first-order valence-electron chi connectivity index (χ1n) is 8.13. The summed E-state index contributed by atoms with van der Waals surface area (Å²) in [6, 6.07) is 16.3. The first-order chi connectivity index (χ1) is 12.5. The number of hydrogen-bond acceptors (Lipinski definition) is 4. The molecular weight excluding hydrogens is 330 g/mol. The number of amides is 1. The van der Waals surface area contributed by atoms with Crippen LogP contribution in [0.4, 0.5) is 5.69 Å². The summed E-state index contributed by atoms with van der Waals surface area (Å²) in [6.07, 6.45) is 0. The highest BCUT2D eigenvalue weighted by molar-refractivity contribution is 6.08. The molecule has 0 bridgehead atoms. The number of aromatic nitrogens is 1. The van der Waals surface area contributed by atoms with Crippen LogP contribution in [0.2, 0.25) is 0 Å². The number of carbonyl (C=O) groups is 2. The highest BCUT2D eigenvalue weighted by Crippen LogP contribution is 2.24. The maximum Gasteiger partial charge on any atom is 0.354 e. The van der Waals surface area contributed by atoms with E-state index in [0.29, 0.717) is 23.0 Å². The summed E-state index contributed by atoms with van der Waals surface area (Å²) in [5, 5.41) is 12.8. The molecule has 2 aromatic carbocycles. The minimum absolute atomic E-state index is 0.154. The number of aromatic carboxylic acids is 1. The number of benzene rings is 2. The largest absolute Gasteiger partial charge is 0.477 e. The molecule has 1 heterocycles. The third-order valence-electron chi connectivity index (χ3n) is 4.07. The van der Waals surface area contributed by atoms with Crippen LogP contribution in [0.25, 0.3) is 10.9 Å². The van der Waals surface area contributed by atoms with Crippen molar-refractivity contribution in [2.24, 2.45) is 0 Å². The van der Waals surface area contributed by atoms with E-state index < -0.39 is 5.97 Å². The molecule has 0 saturated carbocycles. The van der Waals surface area contributed by atoms with E-state index in [2.05, 4.69) is 10.3 Å². The fourth-order valence-electron chi connectivity index (χ4n) is 2.67. The normalized spacial score (nSPS) is 10.5. The van der Waals surface area contributed by atoms with Crippen LogP contribution in [0, 0.1) is 0 Å². The van der Waals surface area contributed by atoms with Gasteiger partial charge >= 0.3 is 5.97 Å². The lowest BCUT2D eigenvalue weighted by atomic mass is 10.1. The predicted octanol–water partition coefficient (Wildman–Crippen LogP) is 2.93. The van der Waals surface area contributed by atoms with E-state index in [1.807, 2.05) is 55.4 Å². The summed E-state index contributed by atoms with van der Waals surface area (Å²) in [5.74, 6) is -1.50. The number of rotatable bonds is 5. The zero-order valence-electron chi connectivity index (χ0n) is 14.6. The van der Waals surface area contributed by atoms with Crippen molar-refractivity contribution in [3.05, 3.63) is 71.4 Å². The molecule has 6 nitrogen and oxygen atoms in total. The zero-order chi connectivity index (χ0) is 18.7. The van der Waals surface area contributed by atoms with E-state index in [0.717, 1.165) is 11.3 Å². The predicted molar refractivity (Wildman–Crippen MR) is 101 cm³/mol. The van der Waals surface area contributed by atoms with Crippen molar-refractivity contribution in [3.8, 4) is 0 Å². The highest BCUT2D eigenvalue weighted by atomic mass is 16.4. The van der Waals surface area contributed by atoms with Crippen LogP contribution in [0.15, 0.2) is 54.6 Å². The fourth-order valence-corrected chi connectivity index (χ4v) is 2.67. The minimum Gasteiger partial charge on any atom is -0.477 e. The van der Waals surface area contributed by atoms with Crippen molar-refractivity contribution in [2.75, 3.05) is 19.0 Å². The summed E-state index contributed by atoms with van der Waals surface area (Å²) < 4.78 is 0. The number of carbonyl (C=O) groups excluding carboxylic acids is 1. The van der Waals surface area contributed by atoms with Gasteiger partial charge in [-0.25, -0.2) is 9.78 Å². The first-order valence-corrected chi connectivity index (χ1v) is 8.13. The lowest BCUT2D eigenvalue weighted by molar-refractivity contribution is 0.0691. The van der Waals surface area contributed by atoms with Gasteiger partial charge in [-0.2, -0.15) is 0 Å². The van der Waals surface area contributed by atoms with Crippen LogP contribution in [-0.2, 0) is 6.54 Å². The molecule has 0 aliphatic carbocycles. The second kappa shape index (κ2) is 7.23. The standard InChI is InChI=1S/C20H19N3O3/c1-23(2)14-8-9-15-16(11-18(20(25)26)22-17(15)10-14)19(24)21-12-13-6-4-3-5-7-13/h3-11H,12H2,1-2H3,(H,21,24)(H,25,26). The third-order valence-corrected chi connectivity index (χ3v) is 4.07. The minimum atomic E-state index is -1.17. The molecule has 0 radical (unpaired) electrons. The number of carboxylic acids is 1. The Morgan fingerprint density at radius 3 is 2.46 bits per heavy atom. The topological polar surface area (TPSA) is 82.5 Å². The monoisotopic (exact) mass is 349 g/mol. The Kier molecular flexibility index (Phi) is 4.84. The van der Waals surface area contributed by atoms with Crippen molar-refractivity contribution in [1.82, 2.24) is 10.3 Å². The number of hydrogen-bond donors (Lipinski definition) is 2. The first kappa shape index (κ1) is 17.4. The van der Waals surface area contributed by atoms with Crippen molar-refractivity contribution in [3.63, 3.8) is 0 Å². The van der Waals surface area contributed by atoms with Gasteiger partial charge in [0.05, 0.1) is 11.1 Å². The molecule has 3 aromatic rings. The second-order valence-electron chi connectivity index (χ2n) is 6.12. The Morgan fingerprint density at radius 2 is 1.81 bits per heavy atom. The molecule has 3 rings (SSSR count). The van der Waals surface area contributed by atoms with Crippen molar-refractivity contribution in [2.45, 2.75) is 6.54 Å². The van der Waals surface area contributed by atoms with Gasteiger partial charge < -0.3 is 15.3 Å². The molecule has 0 fully saturated rings. The van der Waals surface area contributed by atoms with Crippen molar-refractivity contribution < 1.29 is 14.7 Å². The van der Waals surface area contributed by atoms with Gasteiger partial charge in [0, 0.05) is 31.7 Å². The average Bonchev–Trinajstić information content (AvgIpc) is 2.65. The van der Waals surface area contributed by atoms with E-state index >= 15 is 0 Å². The Morgan fingerprint density at radius 1 is 1.08 bits per heavy atom. The summed E-state index contributed by atoms with van der Waals surface area (Å²) in [4.78, 5) is 30.2. The molecule has 132 valence electrons. The average molecular weight is 349 g/mol. The van der Waals surface area contributed by atoms with E-state index in [4.69, 9.17) is 0 Å². The molecule has 2 N–H and O–H groups in total. The fraction of sp³-hybridized carbons (Fsp3) is 0.150. The van der Waals surface area contributed by atoms with Crippen molar-refractivity contribution in [1.29, 1.82) is 0 Å². The molecule has 0 unspecified atom stereocenters. The van der Waals surface area contributed by atoms with E-state index in [1.165, 1.54) is 6.07 Å². The van der Waals surface area contributed by atoms with Crippen LogP contribution in [-0.4, -0.2) is 36.1 Å². The van der Waals surface area contributed by atoms with Gasteiger partial charge in [-0.1, -0.05) is 30.3 Å². The molecule has 0 saturated heterocycles. The van der Waals surface area contributed by atoms with Gasteiger partial charge in [0.15, 0.2) is 0 Å². The number of anilines is 1. The van der Waals surface area contributed by atoms with Gasteiger partial charge in [0.1, 0.15) is 5.69 Å². The van der Waals surface area contributed by atoms with Crippen LogP contribution in [0.5, 0.6) is 0 Å². The Hall–Kier alpha value is -3.41. The Labute approximate surface area is 151 Å². The summed E-state index contributed by atoms with van der Waals surface area (Å²) in [5.41, 5.74) is 2.46. The molecule has 0 atom stereocenters. The second-order valence-corrected chi connectivity index (χ2v) is 6.12. The number of fused-ring (bicyclic) bond motifs is 1. The van der Waals surface area contributed by atoms with Gasteiger partial charge in [-0.15, -0.1) is 0 Å². The Balaban J connectivity index is 1.99. The lowest BCUT2D eigenvalue weighted by Gasteiger charge is -2.14. The summed E-state index contributed by atoms with van der Waals surface area (Å²) in [7, 11) is 3.77. The molecule has 6 heteroatoms. The lowest BCUT2D eigenvalue weighted by Crippen LogP contribution is -2.23. The van der Waals surface area contributed by atoms with Gasteiger partial charge in [0.2, 0.25) is 0 Å². The summed E-state index contributed by atoms with van der Waals surface area (Å²) in [6.45, 7) is 0.363. The number of nitrogens with one attached hydrogen (secondary N) is 1. The van der Waals surface area contributed by atoms with Crippen LogP contribution < -0.4 is 10.2 Å². The number of carboxylic acid groups (broad SMARTS) is 1. The van der Waals surface area contributed by atoms with Gasteiger partial charge in [-0.05, 0) is 29.8 Å². The molecule has 26 heavy (non-hydrogen) atoms. The third kappa shape index (κ3) is 3.64. The smallest absolute Gasteiger partial charge is 0.354 e. The molecule has 1 amide bonds. The Bertz CT molecular complexity index is 969. The molecule has 1 aromatic heterocycles. The van der Waals surface area contributed by atoms with Crippen molar-refractivity contribution >= 4 is 28.5 Å². The summed E-state index contributed by atoms with van der Waals surface area (Å²) >= 11 is 0. The number of nitrogens with zero attached hydrogens (tertiary/aromatic N) is 2. The van der Waals surface area contributed by atoms with Crippen LogP contribution in [0.3, 0.4) is 0 Å². The SMILES string of the molecule is CN(C)c1ccc2c(C(=O)NCc3ccccc3)cc(C(=O)O)nc2c1. The quantitative estimate of drug-likeness (QED) is 0.740. The van der Waals surface area contributed by atoms with Gasteiger partial charge in [-0.3, -0.25) is 4.79 Å². The molecule has 0 spiro atoms. The van der Waals surface area contributed by atoms with Gasteiger partial charge in [0.25, 0.3) is 5.91 Å².